The molecule has 0 heterocycles. The Hall–Kier alpha value is -0.500. The first-order valence-corrected chi connectivity index (χ1v) is 7.50. The van der Waals surface area contributed by atoms with Gasteiger partial charge in [-0.2, -0.15) is 0 Å². The van der Waals surface area contributed by atoms with Crippen molar-refractivity contribution >= 4 is 0 Å². The Bertz CT molecular complexity index is 239. The third-order valence-corrected chi connectivity index (χ3v) is 4.03. The molecule has 0 unspecified atom stereocenters. The van der Waals surface area contributed by atoms with Crippen molar-refractivity contribution in [3.8, 4) is 0 Å². The molecule has 0 fully saturated rings. The van der Waals surface area contributed by atoms with E-state index < -0.39 is 0 Å². The van der Waals surface area contributed by atoms with Gasteiger partial charge < -0.3 is 9.84 Å². The lowest BCUT2D eigenvalue weighted by Gasteiger charge is -2.27. The first-order chi connectivity index (χ1) is 8.49. The molecule has 0 radical (unpaired) electrons. The molecule has 0 rings (SSSR count). The van der Waals surface area contributed by atoms with Gasteiger partial charge in [0.05, 0.1) is 11.4 Å². The zero-order chi connectivity index (χ0) is 14.0. The molecule has 0 bridgehead atoms. The van der Waals surface area contributed by atoms with Crippen molar-refractivity contribution in [1.29, 1.82) is 0 Å². The highest BCUT2D eigenvalue weighted by Gasteiger charge is 2.19. The van der Waals surface area contributed by atoms with E-state index in [4.69, 9.17) is 4.74 Å². The van der Waals surface area contributed by atoms with Gasteiger partial charge in [0.25, 0.3) is 0 Å². The minimum absolute atomic E-state index is 0.0564. The second-order valence-electron chi connectivity index (χ2n) is 5.40. The van der Waals surface area contributed by atoms with Gasteiger partial charge in [-0.3, -0.25) is 0 Å². The SMILES string of the molecule is CC/C(C)=C(\O)CCCCCOC(C)(CC)CC. The van der Waals surface area contributed by atoms with E-state index in [1.54, 1.807) is 0 Å². The monoisotopic (exact) mass is 256 g/mol. The summed E-state index contributed by atoms with van der Waals surface area (Å²) in [5.74, 6) is 0.588. The number of hydrogen-bond donors (Lipinski definition) is 1. The smallest absolute Gasteiger partial charge is 0.0911 e. The van der Waals surface area contributed by atoms with E-state index in [0.29, 0.717) is 5.76 Å². The standard InChI is InChI=1S/C16H32O2/c1-6-14(4)15(17)12-10-9-11-13-18-16(5,7-2)8-3/h17H,6-13H2,1-5H3/b15-14-. The van der Waals surface area contributed by atoms with Gasteiger partial charge in [0.2, 0.25) is 0 Å². The molecule has 0 amide bonds. The van der Waals surface area contributed by atoms with E-state index in [-0.39, 0.29) is 5.60 Å². The number of aliphatic hydroxyl groups is 1. The van der Waals surface area contributed by atoms with Crippen LogP contribution in [0.2, 0.25) is 0 Å². The molecule has 2 heteroatoms. The van der Waals surface area contributed by atoms with Crippen molar-refractivity contribution in [3.63, 3.8) is 0 Å². The fourth-order valence-electron chi connectivity index (χ4n) is 1.76. The lowest BCUT2D eigenvalue weighted by atomic mass is 10.0. The van der Waals surface area contributed by atoms with E-state index in [0.717, 1.165) is 57.1 Å². The number of ether oxygens (including phenoxy) is 1. The number of unbranched alkanes of at least 4 members (excludes halogenated alkanes) is 2. The van der Waals surface area contributed by atoms with Crippen LogP contribution in [-0.2, 0) is 4.74 Å². The molecule has 0 atom stereocenters. The Morgan fingerprint density at radius 1 is 1.06 bits per heavy atom. The molecular formula is C16H32O2. The summed E-state index contributed by atoms with van der Waals surface area (Å²) in [6, 6.07) is 0. The van der Waals surface area contributed by atoms with E-state index in [2.05, 4.69) is 27.7 Å². The van der Waals surface area contributed by atoms with Crippen LogP contribution in [0.25, 0.3) is 0 Å². The van der Waals surface area contributed by atoms with Gasteiger partial charge in [-0.05, 0) is 51.5 Å². The number of aliphatic hydroxyl groups excluding tert-OH is 1. The minimum atomic E-state index is 0.0564. The Morgan fingerprint density at radius 2 is 1.67 bits per heavy atom. The molecule has 1 N–H and O–H groups in total. The number of allylic oxidation sites excluding steroid dienone is 2. The van der Waals surface area contributed by atoms with Crippen molar-refractivity contribution in [2.45, 2.75) is 85.2 Å². The van der Waals surface area contributed by atoms with E-state index in [9.17, 15) is 5.11 Å². The average Bonchev–Trinajstić information content (AvgIpc) is 2.40. The lowest BCUT2D eigenvalue weighted by molar-refractivity contribution is -0.0385. The van der Waals surface area contributed by atoms with Crippen molar-refractivity contribution in [3.05, 3.63) is 11.3 Å². The van der Waals surface area contributed by atoms with Crippen LogP contribution in [0, 0.1) is 0 Å². The van der Waals surface area contributed by atoms with Crippen LogP contribution in [0.5, 0.6) is 0 Å². The van der Waals surface area contributed by atoms with Gasteiger partial charge in [-0.1, -0.05) is 27.2 Å². The predicted molar refractivity (Wildman–Crippen MR) is 79.0 cm³/mol. The number of rotatable bonds is 10. The molecule has 0 saturated carbocycles. The molecule has 0 aliphatic rings. The van der Waals surface area contributed by atoms with Crippen LogP contribution in [0.15, 0.2) is 11.3 Å². The second-order valence-corrected chi connectivity index (χ2v) is 5.40. The largest absolute Gasteiger partial charge is 0.512 e. The molecule has 0 aliphatic carbocycles. The van der Waals surface area contributed by atoms with Crippen LogP contribution < -0.4 is 0 Å². The average molecular weight is 256 g/mol. The van der Waals surface area contributed by atoms with E-state index in [1.807, 2.05) is 6.92 Å². The predicted octanol–water partition coefficient (Wildman–Crippen LogP) is 5.38. The van der Waals surface area contributed by atoms with Crippen LogP contribution >= 0.6 is 0 Å². The van der Waals surface area contributed by atoms with Crippen molar-refractivity contribution in [2.24, 2.45) is 0 Å². The molecule has 0 spiro atoms. The molecule has 0 aromatic heterocycles. The van der Waals surface area contributed by atoms with Crippen molar-refractivity contribution in [1.82, 2.24) is 0 Å². The van der Waals surface area contributed by atoms with E-state index in [1.165, 1.54) is 0 Å². The fourth-order valence-corrected chi connectivity index (χ4v) is 1.76. The Labute approximate surface area is 113 Å². The lowest BCUT2D eigenvalue weighted by Crippen LogP contribution is -2.27. The van der Waals surface area contributed by atoms with E-state index >= 15 is 0 Å². The second kappa shape index (κ2) is 9.43. The molecule has 2 nitrogen and oxygen atoms in total. The van der Waals surface area contributed by atoms with Crippen LogP contribution in [-0.4, -0.2) is 17.3 Å². The minimum Gasteiger partial charge on any atom is -0.512 e. The third-order valence-electron chi connectivity index (χ3n) is 4.03. The summed E-state index contributed by atoms with van der Waals surface area (Å²) < 4.78 is 5.93. The quantitative estimate of drug-likeness (QED) is 0.420. The molecule has 0 aromatic rings. The molecular weight excluding hydrogens is 224 g/mol. The Morgan fingerprint density at radius 3 is 2.17 bits per heavy atom. The number of hydrogen-bond acceptors (Lipinski definition) is 2. The molecule has 0 saturated heterocycles. The summed E-state index contributed by atoms with van der Waals surface area (Å²) >= 11 is 0. The molecule has 0 aliphatic heterocycles. The zero-order valence-corrected chi connectivity index (χ0v) is 13.0. The summed E-state index contributed by atoms with van der Waals surface area (Å²) in [5.41, 5.74) is 1.18. The van der Waals surface area contributed by atoms with Gasteiger partial charge >= 0.3 is 0 Å². The maximum atomic E-state index is 9.73. The van der Waals surface area contributed by atoms with Crippen molar-refractivity contribution in [2.75, 3.05) is 6.61 Å². The van der Waals surface area contributed by atoms with Gasteiger partial charge in [0.1, 0.15) is 0 Å². The maximum absolute atomic E-state index is 9.73. The van der Waals surface area contributed by atoms with Gasteiger partial charge in [-0.15, -0.1) is 0 Å². The highest BCUT2D eigenvalue weighted by molar-refractivity contribution is 5.03. The Balaban J connectivity index is 3.64. The van der Waals surface area contributed by atoms with Crippen LogP contribution in [0.3, 0.4) is 0 Å². The Kier molecular flexibility index (Phi) is 9.17. The topological polar surface area (TPSA) is 29.5 Å². The highest BCUT2D eigenvalue weighted by Crippen LogP contribution is 2.20. The summed E-state index contributed by atoms with van der Waals surface area (Å²) in [4.78, 5) is 0. The van der Waals surface area contributed by atoms with Gasteiger partial charge in [0.15, 0.2) is 0 Å². The summed E-state index contributed by atoms with van der Waals surface area (Å²) in [7, 11) is 0. The zero-order valence-electron chi connectivity index (χ0n) is 13.0. The maximum Gasteiger partial charge on any atom is 0.0911 e. The fraction of sp³-hybridized carbons (Fsp3) is 0.875. The summed E-state index contributed by atoms with van der Waals surface area (Å²) in [6.45, 7) is 11.5. The molecule has 108 valence electrons. The van der Waals surface area contributed by atoms with Gasteiger partial charge in [0, 0.05) is 13.0 Å². The normalized spacial score (nSPS) is 13.6. The summed E-state index contributed by atoms with van der Waals surface area (Å²) in [6.07, 6.45) is 7.18. The summed E-state index contributed by atoms with van der Waals surface area (Å²) in [5, 5.41) is 9.73. The molecule has 18 heavy (non-hydrogen) atoms. The van der Waals surface area contributed by atoms with Crippen molar-refractivity contribution < 1.29 is 9.84 Å². The third kappa shape index (κ3) is 7.05. The first-order valence-electron chi connectivity index (χ1n) is 7.50. The highest BCUT2D eigenvalue weighted by atomic mass is 16.5. The van der Waals surface area contributed by atoms with Crippen LogP contribution in [0.4, 0.5) is 0 Å². The van der Waals surface area contributed by atoms with Crippen LogP contribution in [0.1, 0.15) is 79.6 Å². The van der Waals surface area contributed by atoms with Gasteiger partial charge in [-0.25, -0.2) is 0 Å². The molecule has 0 aromatic carbocycles. The first kappa shape index (κ1) is 17.5.